The number of imidazole rings is 1. The van der Waals surface area contributed by atoms with Crippen LogP contribution >= 0.6 is 0 Å². The summed E-state index contributed by atoms with van der Waals surface area (Å²) in [6, 6.07) is 6.49. The Hall–Kier alpha value is -3.68. The van der Waals surface area contributed by atoms with E-state index in [1.54, 1.807) is 53.6 Å². The third kappa shape index (κ3) is 3.41. The number of carbonyl (C=O) groups is 1. The van der Waals surface area contributed by atoms with Crippen LogP contribution in [0.15, 0.2) is 55.2 Å². The monoisotopic (exact) mass is 402 g/mol. The maximum atomic E-state index is 14.6. The molecule has 0 N–H and O–H groups in total. The third-order valence-electron chi connectivity index (χ3n) is 5.33. The first-order valence-electron chi connectivity index (χ1n) is 9.86. The van der Waals surface area contributed by atoms with E-state index in [0.717, 1.165) is 37.2 Å². The highest BCUT2D eigenvalue weighted by molar-refractivity contribution is 5.79. The molecule has 1 aromatic carbocycles. The molecular weight excluding hydrogens is 383 g/mol. The van der Waals surface area contributed by atoms with E-state index in [4.69, 9.17) is 0 Å². The maximum Gasteiger partial charge on any atom is 0.234 e. The van der Waals surface area contributed by atoms with Crippen molar-refractivity contribution in [3.63, 3.8) is 0 Å². The van der Waals surface area contributed by atoms with Gasteiger partial charge in [-0.3, -0.25) is 19.2 Å². The summed E-state index contributed by atoms with van der Waals surface area (Å²) in [4.78, 5) is 31.5. The van der Waals surface area contributed by atoms with Crippen LogP contribution in [0.4, 0.5) is 4.39 Å². The van der Waals surface area contributed by atoms with Crippen molar-refractivity contribution in [1.82, 2.24) is 29.2 Å². The van der Waals surface area contributed by atoms with Crippen molar-refractivity contribution in [1.29, 1.82) is 0 Å². The van der Waals surface area contributed by atoms with E-state index >= 15 is 0 Å². The standard InChI is InChI=1S/C22H19FN6O/c23-17-4-3-15(12-21(30)28-8-1-2-9-28)11-16(17)18-5-10-29-20(14-26-22(29)27-18)19-13-24-6-7-25-19/h3-7,10-11,13-14H,1-2,8-9,12H2. The Morgan fingerprint density at radius 2 is 1.90 bits per heavy atom. The molecule has 1 amide bonds. The van der Waals surface area contributed by atoms with E-state index in [1.165, 1.54) is 6.07 Å². The number of likely N-dealkylation sites (tertiary alicyclic amines) is 1. The van der Waals surface area contributed by atoms with Crippen LogP contribution in [0.1, 0.15) is 18.4 Å². The molecule has 0 saturated carbocycles. The zero-order chi connectivity index (χ0) is 20.5. The van der Waals surface area contributed by atoms with Crippen molar-refractivity contribution in [2.24, 2.45) is 0 Å². The van der Waals surface area contributed by atoms with E-state index in [-0.39, 0.29) is 18.1 Å². The van der Waals surface area contributed by atoms with Gasteiger partial charge in [0.25, 0.3) is 0 Å². The van der Waals surface area contributed by atoms with Crippen molar-refractivity contribution in [2.45, 2.75) is 19.3 Å². The summed E-state index contributed by atoms with van der Waals surface area (Å²) in [5, 5.41) is 0. The topological polar surface area (TPSA) is 76.3 Å². The molecule has 7 nitrogen and oxygen atoms in total. The molecule has 1 fully saturated rings. The van der Waals surface area contributed by atoms with Crippen LogP contribution in [0.5, 0.6) is 0 Å². The van der Waals surface area contributed by atoms with Crippen LogP contribution in [0.2, 0.25) is 0 Å². The lowest BCUT2D eigenvalue weighted by Crippen LogP contribution is -2.29. The Labute approximate surface area is 172 Å². The number of benzene rings is 1. The number of halogens is 1. The van der Waals surface area contributed by atoms with Gasteiger partial charge in [0, 0.05) is 37.2 Å². The Bertz CT molecular complexity index is 1220. The third-order valence-corrected chi connectivity index (χ3v) is 5.33. The van der Waals surface area contributed by atoms with Gasteiger partial charge >= 0.3 is 0 Å². The fraction of sp³-hybridized carbons (Fsp3) is 0.227. The van der Waals surface area contributed by atoms with E-state index in [9.17, 15) is 9.18 Å². The zero-order valence-corrected chi connectivity index (χ0v) is 16.2. The van der Waals surface area contributed by atoms with Crippen molar-refractivity contribution in [2.75, 3.05) is 13.1 Å². The van der Waals surface area contributed by atoms with Crippen molar-refractivity contribution in [3.05, 3.63) is 66.6 Å². The average molecular weight is 402 g/mol. The average Bonchev–Trinajstić information content (AvgIpc) is 3.45. The molecule has 3 aromatic heterocycles. The molecule has 0 aliphatic carbocycles. The highest BCUT2D eigenvalue weighted by Crippen LogP contribution is 2.25. The summed E-state index contributed by atoms with van der Waals surface area (Å²) in [7, 11) is 0. The van der Waals surface area contributed by atoms with Gasteiger partial charge in [0.2, 0.25) is 11.7 Å². The second-order valence-corrected chi connectivity index (χ2v) is 7.30. The first kappa shape index (κ1) is 18.4. The molecule has 0 unspecified atom stereocenters. The number of aromatic nitrogens is 5. The second kappa shape index (κ2) is 7.62. The number of nitrogens with zero attached hydrogens (tertiary/aromatic N) is 6. The minimum atomic E-state index is -0.384. The fourth-order valence-corrected chi connectivity index (χ4v) is 3.77. The predicted molar refractivity (Wildman–Crippen MR) is 109 cm³/mol. The molecule has 5 rings (SSSR count). The van der Waals surface area contributed by atoms with Gasteiger partial charge in [0.1, 0.15) is 11.5 Å². The number of fused-ring (bicyclic) bond motifs is 1. The van der Waals surface area contributed by atoms with Crippen LogP contribution in [0.3, 0.4) is 0 Å². The molecule has 0 radical (unpaired) electrons. The largest absolute Gasteiger partial charge is 0.342 e. The van der Waals surface area contributed by atoms with Gasteiger partial charge < -0.3 is 4.90 Å². The van der Waals surface area contributed by atoms with E-state index in [1.807, 2.05) is 4.90 Å². The molecule has 1 aliphatic rings. The summed E-state index contributed by atoms with van der Waals surface area (Å²) in [5.74, 6) is 0.131. The van der Waals surface area contributed by atoms with Crippen molar-refractivity contribution >= 4 is 11.7 Å². The van der Waals surface area contributed by atoms with Crippen LogP contribution in [-0.2, 0) is 11.2 Å². The minimum absolute atomic E-state index is 0.0790. The van der Waals surface area contributed by atoms with Gasteiger partial charge in [-0.15, -0.1) is 0 Å². The Kier molecular flexibility index (Phi) is 4.66. The summed E-state index contributed by atoms with van der Waals surface area (Å²) >= 11 is 0. The first-order chi connectivity index (χ1) is 14.7. The van der Waals surface area contributed by atoms with E-state index < -0.39 is 0 Å². The highest BCUT2D eigenvalue weighted by Gasteiger charge is 2.19. The lowest BCUT2D eigenvalue weighted by molar-refractivity contribution is -0.129. The van der Waals surface area contributed by atoms with E-state index in [2.05, 4.69) is 19.9 Å². The highest BCUT2D eigenvalue weighted by atomic mass is 19.1. The van der Waals surface area contributed by atoms with Crippen molar-refractivity contribution in [3.8, 4) is 22.6 Å². The fourth-order valence-electron chi connectivity index (χ4n) is 3.77. The minimum Gasteiger partial charge on any atom is -0.342 e. The first-order valence-corrected chi connectivity index (χ1v) is 9.86. The number of rotatable bonds is 4. The quantitative estimate of drug-likeness (QED) is 0.524. The molecule has 0 bridgehead atoms. The summed E-state index contributed by atoms with van der Waals surface area (Å²) in [5.41, 5.74) is 3.02. The molecule has 1 aliphatic heterocycles. The number of carbonyl (C=O) groups excluding carboxylic acids is 1. The summed E-state index contributed by atoms with van der Waals surface area (Å²) in [6.45, 7) is 1.61. The zero-order valence-electron chi connectivity index (χ0n) is 16.2. The van der Waals surface area contributed by atoms with Gasteiger partial charge in [-0.25, -0.2) is 14.4 Å². The number of hydrogen-bond acceptors (Lipinski definition) is 5. The Morgan fingerprint density at radius 1 is 1.03 bits per heavy atom. The molecule has 150 valence electrons. The molecule has 8 heteroatoms. The van der Waals surface area contributed by atoms with Gasteiger partial charge in [-0.05, 0) is 36.6 Å². The van der Waals surface area contributed by atoms with E-state index in [0.29, 0.717) is 22.7 Å². The van der Waals surface area contributed by atoms with Gasteiger partial charge in [-0.2, -0.15) is 0 Å². The maximum absolute atomic E-state index is 14.6. The Balaban J connectivity index is 1.47. The van der Waals surface area contributed by atoms with Gasteiger partial charge in [-0.1, -0.05) is 6.07 Å². The Morgan fingerprint density at radius 3 is 2.70 bits per heavy atom. The molecule has 0 atom stereocenters. The predicted octanol–water partition coefficient (Wildman–Crippen LogP) is 3.16. The lowest BCUT2D eigenvalue weighted by atomic mass is 10.0. The SMILES string of the molecule is O=C(Cc1ccc(F)c(-c2ccn3c(-c4cnccn4)cnc3n2)c1)N1CCCC1. The molecule has 4 aromatic rings. The molecular formula is C22H19FN6O. The van der Waals surface area contributed by atoms with Gasteiger partial charge in [0.15, 0.2) is 0 Å². The summed E-state index contributed by atoms with van der Waals surface area (Å²) < 4.78 is 16.4. The number of amides is 1. The summed E-state index contributed by atoms with van der Waals surface area (Å²) in [6.07, 6.45) is 10.7. The normalized spacial score (nSPS) is 13.8. The van der Waals surface area contributed by atoms with Crippen LogP contribution < -0.4 is 0 Å². The van der Waals surface area contributed by atoms with Crippen molar-refractivity contribution < 1.29 is 9.18 Å². The molecule has 0 spiro atoms. The molecule has 30 heavy (non-hydrogen) atoms. The number of hydrogen-bond donors (Lipinski definition) is 0. The van der Waals surface area contributed by atoms with Gasteiger partial charge in [0.05, 0.1) is 30.2 Å². The van der Waals surface area contributed by atoms with Crippen LogP contribution in [0, 0.1) is 5.82 Å². The molecule has 1 saturated heterocycles. The second-order valence-electron chi connectivity index (χ2n) is 7.30. The smallest absolute Gasteiger partial charge is 0.234 e. The molecule has 4 heterocycles. The lowest BCUT2D eigenvalue weighted by Gasteiger charge is -2.15. The van der Waals surface area contributed by atoms with Crippen LogP contribution in [-0.4, -0.2) is 48.2 Å². The van der Waals surface area contributed by atoms with Crippen LogP contribution in [0.25, 0.3) is 28.4 Å².